The second-order valence-corrected chi connectivity index (χ2v) is 4.68. The zero-order valence-corrected chi connectivity index (χ0v) is 10.7. The van der Waals surface area contributed by atoms with Crippen molar-refractivity contribution < 1.29 is 13.9 Å². The number of carbonyl (C=O) groups is 1. The molecule has 1 amide bonds. The molecule has 1 aromatic rings. The van der Waals surface area contributed by atoms with Crippen LogP contribution in [0.5, 0.6) is 0 Å². The van der Waals surface area contributed by atoms with Crippen molar-refractivity contribution in [3.8, 4) is 0 Å². The Balaban J connectivity index is 1.89. The molecule has 0 heterocycles. The summed E-state index contributed by atoms with van der Waals surface area (Å²) in [7, 11) is 0. The van der Waals surface area contributed by atoms with E-state index in [1.165, 1.54) is 18.2 Å². The van der Waals surface area contributed by atoms with Crippen molar-refractivity contribution in [3.05, 3.63) is 35.1 Å². The fraction of sp³-hybridized carbons (Fsp3) is 0.500. The molecule has 1 saturated carbocycles. The summed E-state index contributed by atoms with van der Waals surface area (Å²) in [6.45, 7) is 4.41. The lowest BCUT2D eigenvalue weighted by atomic mass is 9.89. The van der Waals surface area contributed by atoms with Gasteiger partial charge in [0.2, 0.25) is 0 Å². The summed E-state index contributed by atoms with van der Waals surface area (Å²) in [5, 5.41) is 2.94. The predicted molar refractivity (Wildman–Crippen MR) is 67.0 cm³/mol. The van der Waals surface area contributed by atoms with Gasteiger partial charge >= 0.3 is 0 Å². The molecule has 2 rings (SSSR count). The van der Waals surface area contributed by atoms with Crippen molar-refractivity contribution in [1.82, 2.24) is 5.32 Å². The first-order valence-electron chi connectivity index (χ1n) is 6.28. The van der Waals surface area contributed by atoms with Crippen LogP contribution in [-0.4, -0.2) is 24.7 Å². The molecule has 0 aromatic heterocycles. The smallest absolute Gasteiger partial charge is 0.251 e. The van der Waals surface area contributed by atoms with Crippen molar-refractivity contribution in [2.24, 2.45) is 0 Å². The van der Waals surface area contributed by atoms with Crippen molar-refractivity contribution in [1.29, 1.82) is 0 Å². The number of carbonyl (C=O) groups excluding carboxylic acids is 1. The van der Waals surface area contributed by atoms with Crippen LogP contribution in [0, 0.1) is 12.7 Å². The van der Waals surface area contributed by atoms with E-state index in [0.717, 1.165) is 12.8 Å². The Kier molecular flexibility index (Phi) is 3.97. The van der Waals surface area contributed by atoms with E-state index in [2.05, 4.69) is 5.32 Å². The minimum Gasteiger partial charge on any atom is -0.378 e. The van der Waals surface area contributed by atoms with E-state index in [1.807, 2.05) is 6.92 Å². The molecule has 18 heavy (non-hydrogen) atoms. The van der Waals surface area contributed by atoms with Gasteiger partial charge in [-0.15, -0.1) is 0 Å². The molecule has 0 saturated heterocycles. The third-order valence-corrected chi connectivity index (χ3v) is 3.27. The normalized spacial score (nSPS) is 22.4. The van der Waals surface area contributed by atoms with E-state index < -0.39 is 0 Å². The first kappa shape index (κ1) is 13.0. The summed E-state index contributed by atoms with van der Waals surface area (Å²) in [6, 6.07) is 4.39. The Morgan fingerprint density at radius 1 is 1.50 bits per heavy atom. The maximum Gasteiger partial charge on any atom is 0.251 e. The number of rotatable bonds is 4. The third kappa shape index (κ3) is 2.88. The monoisotopic (exact) mass is 251 g/mol. The van der Waals surface area contributed by atoms with Crippen LogP contribution in [0.2, 0.25) is 0 Å². The van der Waals surface area contributed by atoms with Crippen LogP contribution in [0.25, 0.3) is 0 Å². The molecule has 1 aliphatic rings. The van der Waals surface area contributed by atoms with E-state index in [9.17, 15) is 9.18 Å². The summed E-state index contributed by atoms with van der Waals surface area (Å²) in [6.07, 6.45) is 1.99. The number of amides is 1. The molecule has 4 heteroatoms. The van der Waals surface area contributed by atoms with Gasteiger partial charge < -0.3 is 10.1 Å². The SMILES string of the molecule is CCOC1CC(NC(=O)c2ccc(F)cc2C)C1. The standard InChI is InChI=1S/C14H18FNO2/c1-3-18-12-7-11(8-12)16-14(17)13-5-4-10(15)6-9(13)2/h4-6,11-12H,3,7-8H2,1-2H3,(H,16,17). The van der Waals surface area contributed by atoms with Crippen LogP contribution in [0.4, 0.5) is 4.39 Å². The zero-order chi connectivity index (χ0) is 13.1. The molecule has 1 fully saturated rings. The molecule has 1 aromatic carbocycles. The average molecular weight is 251 g/mol. The van der Waals surface area contributed by atoms with Crippen molar-refractivity contribution in [2.45, 2.75) is 38.8 Å². The zero-order valence-electron chi connectivity index (χ0n) is 10.7. The molecule has 3 nitrogen and oxygen atoms in total. The fourth-order valence-electron chi connectivity index (χ4n) is 2.20. The lowest BCUT2D eigenvalue weighted by molar-refractivity contribution is -0.00862. The Bertz CT molecular complexity index is 441. The van der Waals surface area contributed by atoms with Gasteiger partial charge in [-0.25, -0.2) is 4.39 Å². The number of hydrogen-bond donors (Lipinski definition) is 1. The fourth-order valence-corrected chi connectivity index (χ4v) is 2.20. The summed E-state index contributed by atoms with van der Waals surface area (Å²) in [4.78, 5) is 12.0. The van der Waals surface area contributed by atoms with Gasteiger partial charge in [-0.05, 0) is 50.5 Å². The molecule has 0 radical (unpaired) electrons. The summed E-state index contributed by atoms with van der Waals surface area (Å²) in [5.74, 6) is -0.448. The highest BCUT2D eigenvalue weighted by atomic mass is 19.1. The maximum atomic E-state index is 12.9. The van der Waals surface area contributed by atoms with E-state index in [0.29, 0.717) is 17.7 Å². The van der Waals surface area contributed by atoms with Crippen LogP contribution in [0.1, 0.15) is 35.7 Å². The topological polar surface area (TPSA) is 38.3 Å². The summed E-state index contributed by atoms with van der Waals surface area (Å²) >= 11 is 0. The van der Waals surface area contributed by atoms with Gasteiger partial charge in [-0.1, -0.05) is 0 Å². The van der Waals surface area contributed by atoms with Crippen molar-refractivity contribution in [2.75, 3.05) is 6.61 Å². The van der Waals surface area contributed by atoms with Crippen LogP contribution >= 0.6 is 0 Å². The molecule has 1 aliphatic carbocycles. The Morgan fingerprint density at radius 2 is 2.22 bits per heavy atom. The molecular formula is C14H18FNO2. The van der Waals surface area contributed by atoms with E-state index >= 15 is 0 Å². The molecule has 98 valence electrons. The number of nitrogens with one attached hydrogen (secondary N) is 1. The molecule has 0 bridgehead atoms. The Morgan fingerprint density at radius 3 is 2.83 bits per heavy atom. The molecule has 0 unspecified atom stereocenters. The highest BCUT2D eigenvalue weighted by Crippen LogP contribution is 2.23. The molecule has 1 N–H and O–H groups in total. The van der Waals surface area contributed by atoms with Gasteiger partial charge in [0.25, 0.3) is 5.91 Å². The van der Waals surface area contributed by atoms with Gasteiger partial charge in [-0.2, -0.15) is 0 Å². The number of ether oxygens (including phenoxy) is 1. The lowest BCUT2D eigenvalue weighted by Crippen LogP contribution is -2.47. The van der Waals surface area contributed by atoms with Crippen LogP contribution < -0.4 is 5.32 Å². The van der Waals surface area contributed by atoms with Crippen LogP contribution in [0.15, 0.2) is 18.2 Å². The minimum absolute atomic E-state index is 0.132. The highest BCUT2D eigenvalue weighted by molar-refractivity contribution is 5.95. The van der Waals surface area contributed by atoms with Crippen LogP contribution in [0.3, 0.4) is 0 Å². The van der Waals surface area contributed by atoms with Gasteiger partial charge in [0, 0.05) is 18.2 Å². The molecule has 0 aliphatic heterocycles. The Labute approximate surface area is 106 Å². The number of benzene rings is 1. The second kappa shape index (κ2) is 5.48. The minimum atomic E-state index is -0.316. The predicted octanol–water partition coefficient (Wildman–Crippen LogP) is 2.43. The van der Waals surface area contributed by atoms with Crippen molar-refractivity contribution in [3.63, 3.8) is 0 Å². The number of hydrogen-bond acceptors (Lipinski definition) is 2. The number of aryl methyl sites for hydroxylation is 1. The van der Waals surface area contributed by atoms with Crippen LogP contribution in [-0.2, 0) is 4.74 Å². The average Bonchev–Trinajstić information content (AvgIpc) is 2.26. The Hall–Kier alpha value is -1.42. The summed E-state index contributed by atoms with van der Waals surface area (Å²) in [5.41, 5.74) is 1.20. The van der Waals surface area contributed by atoms with Gasteiger partial charge in [0.15, 0.2) is 0 Å². The van der Waals surface area contributed by atoms with Gasteiger partial charge in [-0.3, -0.25) is 4.79 Å². The summed E-state index contributed by atoms with van der Waals surface area (Å²) < 4.78 is 18.4. The number of halogens is 1. The lowest BCUT2D eigenvalue weighted by Gasteiger charge is -2.35. The highest BCUT2D eigenvalue weighted by Gasteiger charge is 2.31. The molecule has 0 spiro atoms. The van der Waals surface area contributed by atoms with Gasteiger partial charge in [0.05, 0.1) is 6.10 Å². The van der Waals surface area contributed by atoms with E-state index in [-0.39, 0.29) is 23.9 Å². The maximum absolute atomic E-state index is 12.9. The van der Waals surface area contributed by atoms with E-state index in [4.69, 9.17) is 4.74 Å². The second-order valence-electron chi connectivity index (χ2n) is 4.68. The first-order valence-corrected chi connectivity index (χ1v) is 6.28. The quantitative estimate of drug-likeness (QED) is 0.892. The van der Waals surface area contributed by atoms with E-state index in [1.54, 1.807) is 6.92 Å². The molecular weight excluding hydrogens is 233 g/mol. The van der Waals surface area contributed by atoms with Crippen molar-refractivity contribution >= 4 is 5.91 Å². The first-order chi connectivity index (χ1) is 8.60. The molecule has 0 atom stereocenters. The largest absolute Gasteiger partial charge is 0.378 e. The van der Waals surface area contributed by atoms with Gasteiger partial charge in [0.1, 0.15) is 5.82 Å². The third-order valence-electron chi connectivity index (χ3n) is 3.27.